The van der Waals surface area contributed by atoms with Crippen LogP contribution in [0.25, 0.3) is 6.08 Å². The van der Waals surface area contributed by atoms with E-state index < -0.39 is 4.92 Å². The number of hydrogen-bond donors (Lipinski definition) is 0. The maximum atomic E-state index is 12.2. The lowest BCUT2D eigenvalue weighted by Crippen LogP contribution is -1.99. The quantitative estimate of drug-likeness (QED) is 0.359. The average molecular weight is 281 g/mol. The Morgan fingerprint density at radius 2 is 1.95 bits per heavy atom. The van der Waals surface area contributed by atoms with Crippen molar-refractivity contribution >= 4 is 17.5 Å². The van der Waals surface area contributed by atoms with Crippen molar-refractivity contribution in [2.24, 2.45) is 0 Å². The predicted octanol–water partition coefficient (Wildman–Crippen LogP) is 4.05. The van der Waals surface area contributed by atoms with E-state index in [1.54, 1.807) is 24.3 Å². The largest absolute Gasteiger partial charge is 0.289 e. The number of non-ortho nitro benzene ring substituents is 1. The first-order valence-electron chi connectivity index (χ1n) is 6.66. The highest BCUT2D eigenvalue weighted by atomic mass is 16.6. The van der Waals surface area contributed by atoms with Crippen molar-refractivity contribution in [3.05, 3.63) is 81.4 Å². The molecule has 2 rings (SSSR count). The van der Waals surface area contributed by atoms with Crippen molar-refractivity contribution in [3.8, 4) is 0 Å². The fraction of sp³-hybridized carbons (Fsp3) is 0.118. The topological polar surface area (TPSA) is 60.2 Å². The summed E-state index contributed by atoms with van der Waals surface area (Å²) in [5, 5.41) is 10.7. The minimum absolute atomic E-state index is 0.0126. The van der Waals surface area contributed by atoms with Gasteiger partial charge in [-0.25, -0.2) is 0 Å². The third-order valence-electron chi connectivity index (χ3n) is 3.17. The number of nitro benzene ring substituents is 1. The lowest BCUT2D eigenvalue weighted by Gasteiger charge is -2.03. The van der Waals surface area contributed by atoms with Crippen LogP contribution in [0.3, 0.4) is 0 Å². The van der Waals surface area contributed by atoms with Gasteiger partial charge in [-0.15, -0.1) is 0 Å². The Morgan fingerprint density at radius 3 is 2.67 bits per heavy atom. The Balaban J connectivity index is 2.23. The molecule has 2 aromatic rings. The Morgan fingerprint density at radius 1 is 1.19 bits per heavy atom. The molecule has 0 unspecified atom stereocenters. The van der Waals surface area contributed by atoms with E-state index in [-0.39, 0.29) is 11.5 Å². The van der Waals surface area contributed by atoms with Gasteiger partial charge in [-0.05, 0) is 23.6 Å². The second-order valence-corrected chi connectivity index (χ2v) is 4.56. The molecule has 0 fully saturated rings. The third-order valence-corrected chi connectivity index (χ3v) is 3.17. The Kier molecular flexibility index (Phi) is 4.61. The van der Waals surface area contributed by atoms with Gasteiger partial charge in [0.15, 0.2) is 5.78 Å². The molecule has 0 radical (unpaired) electrons. The van der Waals surface area contributed by atoms with E-state index in [4.69, 9.17) is 0 Å². The predicted molar refractivity (Wildman–Crippen MR) is 82.3 cm³/mol. The maximum Gasteiger partial charge on any atom is 0.270 e. The zero-order valence-corrected chi connectivity index (χ0v) is 11.7. The van der Waals surface area contributed by atoms with E-state index >= 15 is 0 Å². The van der Waals surface area contributed by atoms with Gasteiger partial charge in [-0.3, -0.25) is 14.9 Å². The number of nitro groups is 1. The van der Waals surface area contributed by atoms with Crippen molar-refractivity contribution in [3.63, 3.8) is 0 Å². The molecule has 0 spiro atoms. The van der Waals surface area contributed by atoms with Gasteiger partial charge in [0.25, 0.3) is 5.69 Å². The molecule has 0 bridgehead atoms. The summed E-state index contributed by atoms with van der Waals surface area (Å²) in [5.74, 6) is -0.0982. The Labute approximate surface area is 122 Å². The molecule has 21 heavy (non-hydrogen) atoms. The molecule has 0 N–H and O–H groups in total. The SMILES string of the molecule is CCc1ccccc1C(=O)/C=C/c1cccc([N+](=O)[O-])c1. The van der Waals surface area contributed by atoms with E-state index in [9.17, 15) is 14.9 Å². The number of benzene rings is 2. The number of carbonyl (C=O) groups excluding carboxylic acids is 1. The van der Waals surface area contributed by atoms with Gasteiger partial charge in [-0.2, -0.15) is 0 Å². The average Bonchev–Trinajstić information content (AvgIpc) is 2.52. The number of aryl methyl sites for hydroxylation is 1. The van der Waals surface area contributed by atoms with E-state index in [2.05, 4.69) is 0 Å². The van der Waals surface area contributed by atoms with Crippen molar-refractivity contribution in [1.29, 1.82) is 0 Å². The van der Waals surface area contributed by atoms with Crippen molar-refractivity contribution in [2.75, 3.05) is 0 Å². The van der Waals surface area contributed by atoms with Gasteiger partial charge < -0.3 is 0 Å². The number of hydrogen-bond acceptors (Lipinski definition) is 3. The summed E-state index contributed by atoms with van der Waals surface area (Å²) in [4.78, 5) is 22.5. The zero-order chi connectivity index (χ0) is 15.2. The second-order valence-electron chi connectivity index (χ2n) is 4.56. The molecular weight excluding hydrogens is 266 g/mol. The van der Waals surface area contributed by atoms with Crippen LogP contribution in [0.4, 0.5) is 5.69 Å². The van der Waals surface area contributed by atoms with Crippen LogP contribution in [0.15, 0.2) is 54.6 Å². The number of carbonyl (C=O) groups is 1. The first kappa shape index (κ1) is 14.7. The van der Waals surface area contributed by atoms with Gasteiger partial charge in [0, 0.05) is 17.7 Å². The first-order chi connectivity index (χ1) is 10.1. The van der Waals surface area contributed by atoms with Crippen LogP contribution >= 0.6 is 0 Å². The molecule has 0 amide bonds. The van der Waals surface area contributed by atoms with Crippen molar-refractivity contribution in [2.45, 2.75) is 13.3 Å². The summed E-state index contributed by atoms with van der Waals surface area (Å²) in [5.41, 5.74) is 2.30. The lowest BCUT2D eigenvalue weighted by molar-refractivity contribution is -0.384. The standard InChI is InChI=1S/C17H15NO3/c1-2-14-7-3-4-9-16(14)17(19)11-10-13-6-5-8-15(12-13)18(20)21/h3-12H,2H2,1H3/b11-10+. The van der Waals surface area contributed by atoms with Gasteiger partial charge >= 0.3 is 0 Å². The summed E-state index contributed by atoms with van der Waals surface area (Å²) in [6, 6.07) is 13.6. The Bertz CT molecular complexity index is 705. The highest BCUT2D eigenvalue weighted by molar-refractivity contribution is 6.07. The molecule has 0 aliphatic heterocycles. The molecule has 4 heteroatoms. The zero-order valence-electron chi connectivity index (χ0n) is 11.7. The molecule has 106 valence electrons. The van der Waals surface area contributed by atoms with E-state index in [0.717, 1.165) is 12.0 Å². The lowest BCUT2D eigenvalue weighted by atomic mass is 10.0. The second kappa shape index (κ2) is 6.61. The summed E-state index contributed by atoms with van der Waals surface area (Å²) in [6.45, 7) is 2.00. The van der Waals surface area contributed by atoms with E-state index in [0.29, 0.717) is 11.1 Å². The van der Waals surface area contributed by atoms with Gasteiger partial charge in [0.1, 0.15) is 0 Å². The number of nitrogens with zero attached hydrogens (tertiary/aromatic N) is 1. The third kappa shape index (κ3) is 3.63. The summed E-state index contributed by atoms with van der Waals surface area (Å²) >= 11 is 0. The fourth-order valence-electron chi connectivity index (χ4n) is 2.07. The number of ketones is 1. The van der Waals surface area contributed by atoms with Crippen LogP contribution in [-0.4, -0.2) is 10.7 Å². The van der Waals surface area contributed by atoms with E-state index in [1.807, 2.05) is 25.1 Å². The van der Waals surface area contributed by atoms with Gasteiger partial charge in [0.2, 0.25) is 0 Å². The monoisotopic (exact) mass is 281 g/mol. The smallest absolute Gasteiger partial charge is 0.270 e. The molecule has 2 aromatic carbocycles. The van der Waals surface area contributed by atoms with Crippen LogP contribution in [0.5, 0.6) is 0 Å². The minimum atomic E-state index is -0.453. The van der Waals surface area contributed by atoms with Crippen LogP contribution in [-0.2, 0) is 6.42 Å². The fourth-order valence-corrected chi connectivity index (χ4v) is 2.07. The molecule has 0 aliphatic carbocycles. The van der Waals surface area contributed by atoms with Crippen LogP contribution < -0.4 is 0 Å². The summed E-state index contributed by atoms with van der Waals surface area (Å²) in [7, 11) is 0. The molecule has 0 atom stereocenters. The van der Waals surface area contributed by atoms with Gasteiger partial charge in [0.05, 0.1) is 4.92 Å². The van der Waals surface area contributed by atoms with Crippen LogP contribution in [0, 0.1) is 10.1 Å². The highest BCUT2D eigenvalue weighted by Gasteiger charge is 2.07. The van der Waals surface area contributed by atoms with Crippen molar-refractivity contribution < 1.29 is 9.72 Å². The minimum Gasteiger partial charge on any atom is -0.289 e. The first-order valence-corrected chi connectivity index (χ1v) is 6.66. The Hall–Kier alpha value is -2.75. The summed E-state index contributed by atoms with van der Waals surface area (Å²) < 4.78 is 0. The number of rotatable bonds is 5. The molecule has 0 saturated heterocycles. The van der Waals surface area contributed by atoms with Gasteiger partial charge in [-0.1, -0.05) is 49.4 Å². The normalized spacial score (nSPS) is 10.7. The maximum absolute atomic E-state index is 12.2. The summed E-state index contributed by atoms with van der Waals surface area (Å²) in [6.07, 6.45) is 3.84. The van der Waals surface area contributed by atoms with E-state index in [1.165, 1.54) is 18.2 Å². The molecule has 0 aromatic heterocycles. The van der Waals surface area contributed by atoms with Crippen LogP contribution in [0.1, 0.15) is 28.4 Å². The van der Waals surface area contributed by atoms with Crippen LogP contribution in [0.2, 0.25) is 0 Å². The number of allylic oxidation sites excluding steroid dienone is 1. The molecule has 0 heterocycles. The molecular formula is C17H15NO3. The van der Waals surface area contributed by atoms with Crippen molar-refractivity contribution in [1.82, 2.24) is 0 Å². The highest BCUT2D eigenvalue weighted by Crippen LogP contribution is 2.15. The molecule has 0 saturated carbocycles. The molecule has 4 nitrogen and oxygen atoms in total. The molecule has 0 aliphatic rings.